The fourth-order valence-electron chi connectivity index (χ4n) is 3.48. The van der Waals surface area contributed by atoms with Gasteiger partial charge in [0.15, 0.2) is 0 Å². The minimum Gasteiger partial charge on any atom is -0.335 e. The summed E-state index contributed by atoms with van der Waals surface area (Å²) < 4.78 is 0. The molecule has 6 heteroatoms. The number of benzene rings is 1. The molecule has 2 rings (SSSR count). The lowest BCUT2D eigenvalue weighted by atomic mass is 9.79. The summed E-state index contributed by atoms with van der Waals surface area (Å²) in [5.74, 6) is 0.804. The number of halogens is 1. The Balaban J connectivity index is 1.79. The van der Waals surface area contributed by atoms with Gasteiger partial charge in [0, 0.05) is 13.1 Å². The Morgan fingerprint density at radius 2 is 1.84 bits per heavy atom. The highest BCUT2D eigenvalue weighted by molar-refractivity contribution is 6.33. The second-order valence-corrected chi connectivity index (χ2v) is 7.48. The quantitative estimate of drug-likeness (QED) is 0.814. The summed E-state index contributed by atoms with van der Waals surface area (Å²) in [6.07, 6.45) is 3.66. The van der Waals surface area contributed by atoms with Gasteiger partial charge in [-0.3, -0.25) is 9.59 Å². The fourth-order valence-corrected chi connectivity index (χ4v) is 3.66. The number of amides is 2. The first-order valence-electron chi connectivity index (χ1n) is 8.90. The fraction of sp³-hybridized carbons (Fsp3) is 0.579. The van der Waals surface area contributed by atoms with E-state index in [1.807, 2.05) is 0 Å². The molecule has 1 aromatic rings. The highest BCUT2D eigenvalue weighted by Gasteiger charge is 2.28. The standard InChI is InChI=1S/C19H28ClN3O2/c1-13-7-6-8-14(2)19(13)21-11-18(25)23(3)12-17(24)22-16-10-5-4-9-15(16)20/h4-5,9-10,13-14,19,21H,6-8,11-12H2,1-3H3,(H,22,24). The number of rotatable bonds is 6. The predicted octanol–water partition coefficient (Wildman–Crippen LogP) is 3.15. The molecule has 1 fully saturated rings. The van der Waals surface area contributed by atoms with Crippen molar-refractivity contribution in [2.45, 2.75) is 39.2 Å². The molecular formula is C19H28ClN3O2. The summed E-state index contributed by atoms with van der Waals surface area (Å²) in [5.41, 5.74) is 0.554. The molecule has 138 valence electrons. The van der Waals surface area contributed by atoms with Crippen LogP contribution >= 0.6 is 11.6 Å². The van der Waals surface area contributed by atoms with Gasteiger partial charge in [-0.2, -0.15) is 0 Å². The first-order valence-corrected chi connectivity index (χ1v) is 9.28. The van der Waals surface area contributed by atoms with E-state index in [1.165, 1.54) is 24.2 Å². The lowest BCUT2D eigenvalue weighted by molar-refractivity contribution is -0.132. The van der Waals surface area contributed by atoms with Crippen LogP contribution in [-0.4, -0.2) is 42.9 Å². The molecule has 2 amide bonds. The molecule has 2 unspecified atom stereocenters. The molecule has 1 saturated carbocycles. The van der Waals surface area contributed by atoms with Crippen LogP contribution in [0.5, 0.6) is 0 Å². The van der Waals surface area contributed by atoms with Gasteiger partial charge in [0.25, 0.3) is 0 Å². The molecule has 0 bridgehead atoms. The number of hydrogen-bond donors (Lipinski definition) is 2. The Labute approximate surface area is 155 Å². The van der Waals surface area contributed by atoms with E-state index in [1.54, 1.807) is 31.3 Å². The van der Waals surface area contributed by atoms with Crippen molar-refractivity contribution in [3.63, 3.8) is 0 Å². The summed E-state index contributed by atoms with van der Waals surface area (Å²) in [6, 6.07) is 7.40. The van der Waals surface area contributed by atoms with E-state index in [0.717, 1.165) is 0 Å². The maximum absolute atomic E-state index is 12.3. The van der Waals surface area contributed by atoms with E-state index in [4.69, 9.17) is 11.6 Å². The largest absolute Gasteiger partial charge is 0.335 e. The van der Waals surface area contributed by atoms with Crippen molar-refractivity contribution in [2.24, 2.45) is 11.8 Å². The number of likely N-dealkylation sites (N-methyl/N-ethyl adjacent to an activating group) is 1. The molecule has 2 atom stereocenters. The Kier molecular flexibility index (Phi) is 7.26. The molecule has 0 saturated heterocycles. The molecule has 1 aliphatic carbocycles. The highest BCUT2D eigenvalue weighted by Crippen LogP contribution is 2.28. The third kappa shape index (κ3) is 5.72. The number of nitrogens with one attached hydrogen (secondary N) is 2. The Morgan fingerprint density at radius 3 is 2.48 bits per heavy atom. The van der Waals surface area contributed by atoms with Crippen LogP contribution in [0.15, 0.2) is 24.3 Å². The van der Waals surface area contributed by atoms with Crippen LogP contribution in [0.3, 0.4) is 0 Å². The third-order valence-electron chi connectivity index (χ3n) is 4.99. The van der Waals surface area contributed by atoms with Crippen LogP contribution in [0.25, 0.3) is 0 Å². The lowest BCUT2D eigenvalue weighted by Crippen LogP contribution is -2.48. The topological polar surface area (TPSA) is 61.4 Å². The van der Waals surface area contributed by atoms with Crippen LogP contribution < -0.4 is 10.6 Å². The average Bonchev–Trinajstić information content (AvgIpc) is 2.56. The summed E-state index contributed by atoms with van der Waals surface area (Å²) in [5, 5.41) is 6.60. The van der Waals surface area contributed by atoms with Gasteiger partial charge in [-0.1, -0.05) is 44.0 Å². The summed E-state index contributed by atoms with van der Waals surface area (Å²) in [4.78, 5) is 25.9. The number of carbonyl (C=O) groups excluding carboxylic acids is 2. The number of para-hydroxylation sites is 1. The van der Waals surface area contributed by atoms with Crippen molar-refractivity contribution in [2.75, 3.05) is 25.5 Å². The van der Waals surface area contributed by atoms with Gasteiger partial charge in [0.2, 0.25) is 11.8 Å². The predicted molar refractivity (Wildman–Crippen MR) is 102 cm³/mol. The Hall–Kier alpha value is -1.59. The van der Waals surface area contributed by atoms with Crippen molar-refractivity contribution < 1.29 is 9.59 Å². The maximum Gasteiger partial charge on any atom is 0.244 e. The first kappa shape index (κ1) is 19.7. The van der Waals surface area contributed by atoms with Crippen LogP contribution in [0.1, 0.15) is 33.1 Å². The van der Waals surface area contributed by atoms with Crippen molar-refractivity contribution in [1.82, 2.24) is 10.2 Å². The molecule has 0 heterocycles. The molecule has 5 nitrogen and oxygen atoms in total. The number of anilines is 1. The zero-order valence-corrected chi connectivity index (χ0v) is 16.0. The maximum atomic E-state index is 12.3. The summed E-state index contributed by atoms with van der Waals surface area (Å²) in [6.45, 7) is 4.73. The van der Waals surface area contributed by atoms with E-state index in [-0.39, 0.29) is 24.9 Å². The van der Waals surface area contributed by atoms with E-state index < -0.39 is 0 Å². The van der Waals surface area contributed by atoms with Gasteiger partial charge >= 0.3 is 0 Å². The van der Waals surface area contributed by atoms with Gasteiger partial charge in [0.1, 0.15) is 0 Å². The molecule has 0 aromatic heterocycles. The highest BCUT2D eigenvalue weighted by atomic mass is 35.5. The third-order valence-corrected chi connectivity index (χ3v) is 5.32. The van der Waals surface area contributed by atoms with Crippen LogP contribution in [0.2, 0.25) is 5.02 Å². The second kappa shape index (κ2) is 9.20. The Bertz CT molecular complexity index is 598. The molecule has 1 aliphatic rings. The monoisotopic (exact) mass is 365 g/mol. The van der Waals surface area contributed by atoms with Crippen molar-refractivity contribution in [1.29, 1.82) is 0 Å². The van der Waals surface area contributed by atoms with E-state index in [2.05, 4.69) is 24.5 Å². The molecule has 0 radical (unpaired) electrons. The molecule has 0 aliphatic heterocycles. The Morgan fingerprint density at radius 1 is 1.20 bits per heavy atom. The van der Waals surface area contributed by atoms with Crippen molar-refractivity contribution in [3.8, 4) is 0 Å². The molecule has 2 N–H and O–H groups in total. The number of hydrogen-bond acceptors (Lipinski definition) is 3. The van der Waals surface area contributed by atoms with Gasteiger partial charge in [-0.15, -0.1) is 0 Å². The lowest BCUT2D eigenvalue weighted by Gasteiger charge is -2.35. The van der Waals surface area contributed by atoms with Crippen LogP contribution in [0.4, 0.5) is 5.69 Å². The van der Waals surface area contributed by atoms with Crippen LogP contribution in [-0.2, 0) is 9.59 Å². The van der Waals surface area contributed by atoms with Gasteiger partial charge in [-0.05, 0) is 36.8 Å². The molecule has 1 aromatic carbocycles. The number of carbonyl (C=O) groups is 2. The summed E-state index contributed by atoms with van der Waals surface area (Å²) in [7, 11) is 1.64. The molecular weight excluding hydrogens is 338 g/mol. The average molecular weight is 366 g/mol. The van der Waals surface area contributed by atoms with E-state index in [0.29, 0.717) is 28.6 Å². The zero-order valence-electron chi connectivity index (χ0n) is 15.2. The van der Waals surface area contributed by atoms with Crippen molar-refractivity contribution in [3.05, 3.63) is 29.3 Å². The molecule has 25 heavy (non-hydrogen) atoms. The van der Waals surface area contributed by atoms with E-state index >= 15 is 0 Å². The minimum absolute atomic E-state index is 0.00150. The summed E-state index contributed by atoms with van der Waals surface area (Å²) >= 11 is 6.03. The van der Waals surface area contributed by atoms with Crippen molar-refractivity contribution >= 4 is 29.1 Å². The van der Waals surface area contributed by atoms with E-state index in [9.17, 15) is 9.59 Å². The van der Waals surface area contributed by atoms with Gasteiger partial charge in [0.05, 0.1) is 23.8 Å². The molecule has 0 spiro atoms. The first-order chi connectivity index (χ1) is 11.9. The minimum atomic E-state index is -0.261. The normalized spacial score (nSPS) is 23.1. The smallest absolute Gasteiger partial charge is 0.244 e. The van der Waals surface area contributed by atoms with Gasteiger partial charge in [-0.25, -0.2) is 0 Å². The second-order valence-electron chi connectivity index (χ2n) is 7.07. The van der Waals surface area contributed by atoms with Gasteiger partial charge < -0.3 is 15.5 Å². The SMILES string of the molecule is CC1CCCC(C)C1NCC(=O)N(C)CC(=O)Nc1ccccc1Cl. The zero-order chi connectivity index (χ0) is 18.4. The van der Waals surface area contributed by atoms with Crippen LogP contribution in [0, 0.1) is 11.8 Å². The number of nitrogens with zero attached hydrogens (tertiary/aromatic N) is 1.